The molecule has 1 saturated heterocycles. The lowest BCUT2D eigenvalue weighted by Gasteiger charge is -2.12. The summed E-state index contributed by atoms with van der Waals surface area (Å²) in [5.74, 6) is -0.295. The molecule has 29 heavy (non-hydrogen) atoms. The average Bonchev–Trinajstić information content (AvgIpc) is 3.22. The van der Waals surface area contributed by atoms with Gasteiger partial charge >= 0.3 is 6.03 Å². The van der Waals surface area contributed by atoms with E-state index in [4.69, 9.17) is 0 Å². The van der Waals surface area contributed by atoms with Gasteiger partial charge in [0.25, 0.3) is 5.91 Å². The van der Waals surface area contributed by atoms with Gasteiger partial charge in [0.1, 0.15) is 5.70 Å². The summed E-state index contributed by atoms with van der Waals surface area (Å²) in [6.45, 7) is 6.60. The van der Waals surface area contributed by atoms with Crippen molar-refractivity contribution in [3.8, 4) is 0 Å². The van der Waals surface area contributed by atoms with Crippen LogP contribution in [0.4, 0.5) is 4.79 Å². The largest absolute Gasteiger partial charge is 0.344 e. The third-order valence-electron chi connectivity index (χ3n) is 5.56. The number of rotatable bonds is 5. The molecule has 3 aromatic rings. The molecule has 2 heterocycles. The zero-order valence-corrected chi connectivity index (χ0v) is 17.0. The Morgan fingerprint density at radius 3 is 2.52 bits per heavy atom. The van der Waals surface area contributed by atoms with Crippen LogP contribution >= 0.6 is 0 Å². The summed E-state index contributed by atoms with van der Waals surface area (Å²) in [5.41, 5.74) is 4.44. The van der Waals surface area contributed by atoms with E-state index in [1.807, 2.05) is 49.4 Å². The summed E-state index contributed by atoms with van der Waals surface area (Å²) in [7, 11) is 0. The molecule has 0 spiro atoms. The first kappa shape index (κ1) is 19.0. The fourth-order valence-electron chi connectivity index (χ4n) is 3.65. The number of para-hydroxylation sites is 1. The van der Waals surface area contributed by atoms with Crippen molar-refractivity contribution in [2.75, 3.05) is 0 Å². The molecule has 1 aliphatic rings. The summed E-state index contributed by atoms with van der Waals surface area (Å²) in [4.78, 5) is 26.6. The number of imide groups is 1. The van der Waals surface area contributed by atoms with Gasteiger partial charge in [-0.3, -0.25) is 9.69 Å². The second kappa shape index (κ2) is 7.59. The summed E-state index contributed by atoms with van der Waals surface area (Å²) >= 11 is 0. The van der Waals surface area contributed by atoms with Crippen LogP contribution in [-0.2, 0) is 11.3 Å². The van der Waals surface area contributed by atoms with Gasteiger partial charge in [-0.2, -0.15) is 0 Å². The van der Waals surface area contributed by atoms with Gasteiger partial charge in [-0.15, -0.1) is 0 Å². The Kier molecular flexibility index (Phi) is 4.97. The van der Waals surface area contributed by atoms with Crippen LogP contribution in [0.5, 0.6) is 0 Å². The van der Waals surface area contributed by atoms with E-state index in [-0.39, 0.29) is 18.5 Å². The number of amides is 3. The maximum absolute atomic E-state index is 12.9. The molecule has 1 aliphatic heterocycles. The number of carbonyl (C=O) groups is 2. The van der Waals surface area contributed by atoms with Gasteiger partial charge in [0, 0.05) is 28.7 Å². The highest BCUT2D eigenvalue weighted by molar-refractivity contribution is 6.14. The lowest BCUT2D eigenvalue weighted by Crippen LogP contribution is -2.30. The first-order chi connectivity index (χ1) is 14.0. The van der Waals surface area contributed by atoms with Gasteiger partial charge < -0.3 is 9.88 Å². The van der Waals surface area contributed by atoms with Crippen LogP contribution in [0.3, 0.4) is 0 Å². The zero-order valence-electron chi connectivity index (χ0n) is 17.0. The van der Waals surface area contributed by atoms with E-state index in [0.717, 1.165) is 34.0 Å². The van der Waals surface area contributed by atoms with E-state index < -0.39 is 0 Å². The topological polar surface area (TPSA) is 54.3 Å². The highest BCUT2D eigenvalue weighted by Crippen LogP contribution is 2.28. The van der Waals surface area contributed by atoms with Gasteiger partial charge in [0.05, 0.1) is 6.54 Å². The van der Waals surface area contributed by atoms with Crippen molar-refractivity contribution >= 4 is 28.9 Å². The Morgan fingerprint density at radius 1 is 1.07 bits per heavy atom. The molecule has 0 unspecified atom stereocenters. The van der Waals surface area contributed by atoms with Crippen molar-refractivity contribution in [1.82, 2.24) is 14.8 Å². The molecule has 4 rings (SSSR count). The van der Waals surface area contributed by atoms with E-state index in [2.05, 4.69) is 36.0 Å². The maximum atomic E-state index is 12.9. The van der Waals surface area contributed by atoms with Crippen molar-refractivity contribution < 1.29 is 9.59 Å². The number of benzene rings is 2. The highest BCUT2D eigenvalue weighted by atomic mass is 16.2. The van der Waals surface area contributed by atoms with E-state index in [0.29, 0.717) is 11.7 Å². The maximum Gasteiger partial charge on any atom is 0.329 e. The van der Waals surface area contributed by atoms with Crippen LogP contribution in [0.15, 0.2) is 60.4 Å². The van der Waals surface area contributed by atoms with Crippen molar-refractivity contribution in [2.24, 2.45) is 0 Å². The number of nitrogens with zero attached hydrogens (tertiary/aromatic N) is 2. The molecule has 0 radical (unpaired) electrons. The molecule has 0 saturated carbocycles. The first-order valence-corrected chi connectivity index (χ1v) is 9.97. The molecule has 1 aromatic heterocycles. The molecule has 1 atom stereocenters. The van der Waals surface area contributed by atoms with Crippen LogP contribution in [0.25, 0.3) is 17.0 Å². The highest BCUT2D eigenvalue weighted by Gasteiger charge is 2.33. The molecular weight excluding hydrogens is 362 g/mol. The normalized spacial score (nSPS) is 16.7. The Balaban J connectivity index is 1.66. The average molecular weight is 387 g/mol. The lowest BCUT2D eigenvalue weighted by molar-refractivity contribution is -0.123. The minimum Gasteiger partial charge on any atom is -0.344 e. The van der Waals surface area contributed by atoms with Gasteiger partial charge in [-0.25, -0.2) is 4.79 Å². The number of aromatic nitrogens is 1. The SMILES string of the molecule is CC[C@@H](C)n1cc(/C=C2/NC(=O)N(Cc3ccc(C)cc3)C2=O)c2ccccc21. The fourth-order valence-corrected chi connectivity index (χ4v) is 3.65. The van der Waals surface area contributed by atoms with Crippen LogP contribution in [0.2, 0.25) is 0 Å². The van der Waals surface area contributed by atoms with Gasteiger partial charge in [0.2, 0.25) is 0 Å². The number of aryl methyl sites for hydroxylation is 1. The van der Waals surface area contributed by atoms with Gasteiger partial charge in [-0.05, 0) is 38.0 Å². The fraction of sp³-hybridized carbons (Fsp3) is 0.250. The smallest absolute Gasteiger partial charge is 0.329 e. The third kappa shape index (κ3) is 3.56. The van der Waals surface area contributed by atoms with E-state index in [1.54, 1.807) is 6.08 Å². The van der Waals surface area contributed by atoms with Crippen LogP contribution in [-0.4, -0.2) is 21.4 Å². The number of hydrogen-bond donors (Lipinski definition) is 1. The van der Waals surface area contributed by atoms with E-state index in [9.17, 15) is 9.59 Å². The predicted octanol–water partition coefficient (Wildman–Crippen LogP) is 5.01. The quantitative estimate of drug-likeness (QED) is 0.494. The molecule has 5 heteroatoms. The lowest BCUT2D eigenvalue weighted by atomic mass is 10.1. The van der Waals surface area contributed by atoms with Crippen molar-refractivity contribution in [3.63, 3.8) is 0 Å². The summed E-state index contributed by atoms with van der Waals surface area (Å²) in [6.07, 6.45) is 4.86. The molecule has 2 aromatic carbocycles. The van der Waals surface area contributed by atoms with Crippen LogP contribution < -0.4 is 5.32 Å². The third-order valence-corrected chi connectivity index (χ3v) is 5.56. The number of nitrogens with one attached hydrogen (secondary N) is 1. The molecule has 5 nitrogen and oxygen atoms in total. The standard InChI is InChI=1S/C24H25N3O2/c1-4-17(3)26-15-19(20-7-5-6-8-22(20)26)13-21-23(28)27(24(29)25-21)14-18-11-9-16(2)10-12-18/h5-13,15,17H,4,14H2,1-3H3,(H,25,29)/b21-13+/t17-/m1/s1. The number of carbonyl (C=O) groups excluding carboxylic acids is 2. The number of fused-ring (bicyclic) bond motifs is 1. The first-order valence-electron chi connectivity index (χ1n) is 9.97. The van der Waals surface area contributed by atoms with Crippen LogP contribution in [0.1, 0.15) is 43.0 Å². The summed E-state index contributed by atoms with van der Waals surface area (Å²) < 4.78 is 2.23. The Labute approximate surface area is 170 Å². The Morgan fingerprint density at radius 2 is 1.79 bits per heavy atom. The molecule has 0 bridgehead atoms. The summed E-state index contributed by atoms with van der Waals surface area (Å²) in [6, 6.07) is 15.9. The van der Waals surface area contributed by atoms with Crippen molar-refractivity contribution in [3.05, 3.63) is 77.1 Å². The second-order valence-corrected chi connectivity index (χ2v) is 7.63. The Hall–Kier alpha value is -3.34. The van der Waals surface area contributed by atoms with Crippen molar-refractivity contribution in [2.45, 2.75) is 39.8 Å². The Bertz CT molecular complexity index is 1110. The molecule has 0 aliphatic carbocycles. The monoisotopic (exact) mass is 387 g/mol. The van der Waals surface area contributed by atoms with Gasteiger partial charge in [0.15, 0.2) is 0 Å². The molecule has 3 amide bonds. The summed E-state index contributed by atoms with van der Waals surface area (Å²) in [5, 5.41) is 3.81. The van der Waals surface area contributed by atoms with Crippen LogP contribution in [0, 0.1) is 6.92 Å². The molecule has 1 N–H and O–H groups in total. The molecule has 148 valence electrons. The van der Waals surface area contributed by atoms with Gasteiger partial charge in [-0.1, -0.05) is 55.0 Å². The molecule has 1 fully saturated rings. The minimum atomic E-state index is -0.382. The predicted molar refractivity (Wildman–Crippen MR) is 115 cm³/mol. The molecular formula is C24H25N3O2. The van der Waals surface area contributed by atoms with E-state index in [1.165, 1.54) is 4.90 Å². The van der Waals surface area contributed by atoms with Crippen molar-refractivity contribution in [1.29, 1.82) is 0 Å². The number of urea groups is 1. The second-order valence-electron chi connectivity index (χ2n) is 7.63. The zero-order chi connectivity index (χ0) is 20.5. The number of hydrogen-bond acceptors (Lipinski definition) is 2. The van der Waals surface area contributed by atoms with E-state index >= 15 is 0 Å². The minimum absolute atomic E-state index is 0.261.